The highest BCUT2D eigenvalue weighted by Gasteiger charge is 2.04. The van der Waals surface area contributed by atoms with Gasteiger partial charge in [0.05, 0.1) is 20.8 Å². The lowest BCUT2D eigenvalue weighted by atomic mass is 10.2. The molecule has 0 aromatic heterocycles. The maximum absolute atomic E-state index is 5.34. The van der Waals surface area contributed by atoms with Gasteiger partial charge < -0.3 is 24.8 Å². The molecular formula is C18H32IN3O3. The highest BCUT2D eigenvalue weighted by molar-refractivity contribution is 14.0. The molecule has 1 rings (SSSR count). The van der Waals surface area contributed by atoms with Crippen LogP contribution in [0.1, 0.15) is 32.3 Å². The molecule has 0 saturated carbocycles. The molecule has 0 unspecified atom stereocenters. The van der Waals surface area contributed by atoms with Crippen molar-refractivity contribution in [3.05, 3.63) is 23.8 Å². The summed E-state index contributed by atoms with van der Waals surface area (Å²) in [6, 6.07) is 5.85. The second-order valence-corrected chi connectivity index (χ2v) is 5.22. The highest BCUT2D eigenvalue weighted by atomic mass is 127. The van der Waals surface area contributed by atoms with Gasteiger partial charge in [0, 0.05) is 26.3 Å². The molecule has 1 aromatic carbocycles. The quantitative estimate of drug-likeness (QED) is 0.228. The average Bonchev–Trinajstić information content (AvgIpc) is 2.62. The Kier molecular flexibility index (Phi) is 14.3. The maximum atomic E-state index is 5.34. The van der Waals surface area contributed by atoms with Crippen LogP contribution in [0.15, 0.2) is 23.2 Å². The molecule has 0 aliphatic rings. The van der Waals surface area contributed by atoms with Crippen LogP contribution < -0.4 is 20.1 Å². The molecule has 0 fully saturated rings. The molecule has 0 heterocycles. The van der Waals surface area contributed by atoms with E-state index < -0.39 is 0 Å². The fourth-order valence-corrected chi connectivity index (χ4v) is 2.17. The molecule has 0 bridgehead atoms. The van der Waals surface area contributed by atoms with Crippen LogP contribution in [0.2, 0.25) is 0 Å². The molecular weight excluding hydrogens is 433 g/mol. The lowest BCUT2D eigenvalue weighted by Crippen LogP contribution is -2.37. The van der Waals surface area contributed by atoms with E-state index in [0.29, 0.717) is 6.54 Å². The second kappa shape index (κ2) is 15.1. The Morgan fingerprint density at radius 3 is 2.44 bits per heavy atom. The molecule has 0 atom stereocenters. The lowest BCUT2D eigenvalue weighted by molar-refractivity contribution is 0.143. The Morgan fingerprint density at radius 2 is 1.80 bits per heavy atom. The lowest BCUT2D eigenvalue weighted by Gasteiger charge is -2.12. The zero-order valence-corrected chi connectivity index (χ0v) is 18.1. The van der Waals surface area contributed by atoms with Crippen molar-refractivity contribution in [1.29, 1.82) is 0 Å². The number of aliphatic imine (C=N–C) groups is 1. The topological polar surface area (TPSA) is 64.1 Å². The van der Waals surface area contributed by atoms with E-state index in [1.54, 1.807) is 14.2 Å². The Labute approximate surface area is 168 Å². The molecule has 0 spiro atoms. The number of methoxy groups -OCH3 is 2. The summed E-state index contributed by atoms with van der Waals surface area (Å²) in [5.74, 6) is 2.27. The monoisotopic (exact) mass is 465 g/mol. The summed E-state index contributed by atoms with van der Waals surface area (Å²) in [5.41, 5.74) is 1.07. The van der Waals surface area contributed by atoms with E-state index in [1.165, 1.54) is 0 Å². The summed E-state index contributed by atoms with van der Waals surface area (Å²) in [4.78, 5) is 4.62. The Hall–Kier alpha value is -1.22. The van der Waals surface area contributed by atoms with Crippen LogP contribution in [-0.4, -0.2) is 46.5 Å². The predicted octanol–water partition coefficient (Wildman–Crippen LogP) is 3.19. The summed E-state index contributed by atoms with van der Waals surface area (Å²) in [5, 5.41) is 6.60. The molecule has 6 nitrogen and oxygen atoms in total. The number of ether oxygens (including phenoxy) is 3. The van der Waals surface area contributed by atoms with Crippen molar-refractivity contribution in [2.75, 3.05) is 40.5 Å². The zero-order valence-electron chi connectivity index (χ0n) is 15.8. The highest BCUT2D eigenvalue weighted by Crippen LogP contribution is 2.27. The maximum Gasteiger partial charge on any atom is 0.191 e. The van der Waals surface area contributed by atoms with Crippen molar-refractivity contribution >= 4 is 29.9 Å². The minimum Gasteiger partial charge on any atom is -0.493 e. The first-order valence-electron chi connectivity index (χ1n) is 8.55. The number of nitrogens with one attached hydrogen (secondary N) is 2. The summed E-state index contributed by atoms with van der Waals surface area (Å²) >= 11 is 0. The number of nitrogens with zero attached hydrogens (tertiary/aromatic N) is 1. The largest absolute Gasteiger partial charge is 0.493 e. The number of rotatable bonds is 11. The molecule has 0 radical (unpaired) electrons. The van der Waals surface area contributed by atoms with Crippen LogP contribution in [-0.2, 0) is 11.3 Å². The van der Waals surface area contributed by atoms with Crippen molar-refractivity contribution in [1.82, 2.24) is 10.6 Å². The third-order valence-electron chi connectivity index (χ3n) is 3.42. The van der Waals surface area contributed by atoms with Crippen LogP contribution in [0, 0.1) is 0 Å². The third-order valence-corrected chi connectivity index (χ3v) is 3.42. The van der Waals surface area contributed by atoms with Crippen molar-refractivity contribution in [3.8, 4) is 11.5 Å². The molecule has 2 N–H and O–H groups in total. The normalized spacial score (nSPS) is 10.8. The van der Waals surface area contributed by atoms with E-state index in [9.17, 15) is 0 Å². The van der Waals surface area contributed by atoms with Crippen molar-refractivity contribution in [3.63, 3.8) is 0 Å². The van der Waals surface area contributed by atoms with E-state index >= 15 is 0 Å². The van der Waals surface area contributed by atoms with Gasteiger partial charge in [0.1, 0.15) is 0 Å². The van der Waals surface area contributed by atoms with E-state index in [1.807, 2.05) is 25.1 Å². The van der Waals surface area contributed by atoms with Crippen LogP contribution in [0.25, 0.3) is 0 Å². The van der Waals surface area contributed by atoms with Gasteiger partial charge in [0.25, 0.3) is 0 Å². The molecule has 0 saturated heterocycles. The first kappa shape index (κ1) is 23.8. The van der Waals surface area contributed by atoms with Crippen molar-refractivity contribution in [2.45, 2.75) is 33.2 Å². The van der Waals surface area contributed by atoms with Crippen molar-refractivity contribution in [2.24, 2.45) is 4.99 Å². The molecule has 0 amide bonds. The fraction of sp³-hybridized carbons (Fsp3) is 0.611. The number of halogens is 1. The summed E-state index contributed by atoms with van der Waals surface area (Å²) in [6.07, 6.45) is 2.11. The summed E-state index contributed by atoms with van der Waals surface area (Å²) in [7, 11) is 3.27. The van der Waals surface area contributed by atoms with Gasteiger partial charge in [0.15, 0.2) is 17.5 Å². The number of benzene rings is 1. The Morgan fingerprint density at radius 1 is 1.04 bits per heavy atom. The SMILES string of the molecule is CCNC(=NCc1ccc(OC)c(OC)c1)NCCCCOCC.I. The summed E-state index contributed by atoms with van der Waals surface area (Å²) < 4.78 is 15.9. The van der Waals surface area contributed by atoms with Gasteiger partial charge in [-0.2, -0.15) is 0 Å². The minimum atomic E-state index is 0. The van der Waals surface area contributed by atoms with Gasteiger partial charge in [-0.05, 0) is 44.4 Å². The van der Waals surface area contributed by atoms with Crippen LogP contribution in [0.4, 0.5) is 0 Å². The van der Waals surface area contributed by atoms with Crippen LogP contribution >= 0.6 is 24.0 Å². The van der Waals surface area contributed by atoms with E-state index in [2.05, 4.69) is 22.5 Å². The molecule has 144 valence electrons. The third kappa shape index (κ3) is 9.74. The second-order valence-electron chi connectivity index (χ2n) is 5.22. The number of unbranched alkanes of at least 4 members (excludes halogenated alkanes) is 1. The van der Waals surface area contributed by atoms with Gasteiger partial charge in [0.2, 0.25) is 0 Å². The van der Waals surface area contributed by atoms with Crippen molar-refractivity contribution < 1.29 is 14.2 Å². The zero-order chi connectivity index (χ0) is 17.6. The molecule has 0 aliphatic carbocycles. The predicted molar refractivity (Wildman–Crippen MR) is 114 cm³/mol. The van der Waals surface area contributed by atoms with E-state index in [4.69, 9.17) is 14.2 Å². The van der Waals surface area contributed by atoms with Gasteiger partial charge >= 0.3 is 0 Å². The van der Waals surface area contributed by atoms with Gasteiger partial charge in [-0.1, -0.05) is 6.07 Å². The minimum absolute atomic E-state index is 0. The van der Waals surface area contributed by atoms with E-state index in [0.717, 1.165) is 62.2 Å². The smallest absolute Gasteiger partial charge is 0.191 e. The molecule has 1 aromatic rings. The first-order valence-corrected chi connectivity index (χ1v) is 8.55. The number of hydrogen-bond acceptors (Lipinski definition) is 4. The van der Waals surface area contributed by atoms with Gasteiger partial charge in [-0.25, -0.2) is 4.99 Å². The first-order chi connectivity index (χ1) is 11.7. The standard InChI is InChI=1S/C18H31N3O3.HI/c1-5-19-18(20-11-7-8-12-24-6-2)21-14-15-9-10-16(22-3)17(13-15)23-4;/h9-10,13H,5-8,11-12,14H2,1-4H3,(H2,19,20,21);1H. The fourth-order valence-electron chi connectivity index (χ4n) is 2.17. The average molecular weight is 465 g/mol. The Bertz CT molecular complexity index is 498. The van der Waals surface area contributed by atoms with Gasteiger partial charge in [-0.3, -0.25) is 0 Å². The van der Waals surface area contributed by atoms with Crippen LogP contribution in [0.3, 0.4) is 0 Å². The van der Waals surface area contributed by atoms with Gasteiger partial charge in [-0.15, -0.1) is 24.0 Å². The number of guanidine groups is 1. The van der Waals surface area contributed by atoms with Crippen LogP contribution in [0.5, 0.6) is 11.5 Å². The molecule has 25 heavy (non-hydrogen) atoms. The summed E-state index contributed by atoms with van der Waals surface area (Å²) in [6.45, 7) is 7.96. The number of hydrogen-bond donors (Lipinski definition) is 2. The molecule has 0 aliphatic heterocycles. The van der Waals surface area contributed by atoms with E-state index in [-0.39, 0.29) is 24.0 Å². The Balaban J connectivity index is 0.00000576. The molecule has 7 heteroatoms.